The Morgan fingerprint density at radius 3 is 1.42 bits per heavy atom. The Kier molecular flexibility index (Phi) is 10.3. The van der Waals surface area contributed by atoms with E-state index in [1.165, 1.54) is 173 Å². The summed E-state index contributed by atoms with van der Waals surface area (Å²) in [6.07, 6.45) is 9.53. The molecule has 1 N–H and O–H groups in total. The average Bonchev–Trinajstić information content (AvgIpc) is 3.65. The number of rotatable bonds is 4. The van der Waals surface area contributed by atoms with Gasteiger partial charge in [0.2, 0.25) is 0 Å². The van der Waals surface area contributed by atoms with E-state index in [9.17, 15) is 0 Å². The molecular weight excluding hydrogens is 880 g/mol. The molecule has 0 bridgehead atoms. The van der Waals surface area contributed by atoms with Crippen LogP contribution in [0, 0.1) is 13.8 Å². The lowest BCUT2D eigenvalue weighted by Gasteiger charge is -2.43. The molecule has 0 saturated heterocycles. The molecule has 0 unspecified atom stereocenters. The molecule has 2 heterocycles. The molecule has 4 aliphatic carbocycles. The highest BCUT2D eigenvalue weighted by atomic mass is 15.0. The first kappa shape index (κ1) is 48.9. The Bertz CT molecular complexity index is 3520. The quantitative estimate of drug-likeness (QED) is 0.174. The summed E-state index contributed by atoms with van der Waals surface area (Å²) in [7, 11) is 0.887. The first-order valence-corrected chi connectivity index (χ1v) is 28.5. The maximum absolute atomic E-state index is 4.27. The van der Waals surface area contributed by atoms with Gasteiger partial charge < -0.3 is 9.88 Å². The van der Waals surface area contributed by atoms with Crippen molar-refractivity contribution in [2.24, 2.45) is 0 Å². The molecule has 2 nitrogen and oxygen atoms in total. The number of hydrogen-bond donors (Lipinski definition) is 1. The highest BCUT2D eigenvalue weighted by molar-refractivity contribution is 6.73. The second-order valence-corrected chi connectivity index (χ2v) is 29.8. The number of aryl methyl sites for hydroxylation is 2. The summed E-state index contributed by atoms with van der Waals surface area (Å²) in [6, 6.07) is 33.1. The van der Waals surface area contributed by atoms with Gasteiger partial charge in [-0.1, -0.05) is 147 Å². The Hall–Kier alpha value is -5.02. The Morgan fingerprint density at radius 1 is 0.425 bits per heavy atom. The Labute approximate surface area is 440 Å². The van der Waals surface area contributed by atoms with E-state index in [-0.39, 0.29) is 43.3 Å². The molecule has 0 saturated carbocycles. The summed E-state index contributed by atoms with van der Waals surface area (Å²) in [5, 5.41) is 7.10. The number of aromatic nitrogens is 1. The minimum absolute atomic E-state index is 0.0357. The summed E-state index contributed by atoms with van der Waals surface area (Å²) in [5.74, 6) is 0. The highest BCUT2D eigenvalue weighted by Gasteiger charge is 2.44. The predicted molar refractivity (Wildman–Crippen MR) is 318 cm³/mol. The molecule has 378 valence electrons. The lowest BCUT2D eigenvalue weighted by atomic mass is 9.55. The van der Waals surface area contributed by atoms with Gasteiger partial charge in [-0.2, -0.15) is 0 Å². The third-order valence-corrected chi connectivity index (χ3v) is 20.9. The number of anilines is 2. The first-order chi connectivity index (χ1) is 33.9. The normalized spacial score (nSPS) is 21.6. The van der Waals surface area contributed by atoms with Crippen molar-refractivity contribution in [2.75, 3.05) is 5.32 Å². The zero-order valence-electron chi connectivity index (χ0n) is 48.3. The van der Waals surface area contributed by atoms with E-state index >= 15 is 0 Å². The van der Waals surface area contributed by atoms with Gasteiger partial charge in [-0.15, -0.1) is 0 Å². The molecular formula is C70H85BN2. The van der Waals surface area contributed by atoms with Gasteiger partial charge in [0, 0.05) is 38.9 Å². The van der Waals surface area contributed by atoms with Gasteiger partial charge in [0.25, 0.3) is 0 Å². The van der Waals surface area contributed by atoms with Crippen LogP contribution in [-0.2, 0) is 43.3 Å². The highest BCUT2D eigenvalue weighted by Crippen LogP contribution is 2.55. The molecule has 0 atom stereocenters. The van der Waals surface area contributed by atoms with E-state index in [4.69, 9.17) is 0 Å². The molecule has 5 aliphatic rings. The van der Waals surface area contributed by atoms with Crippen molar-refractivity contribution in [2.45, 2.75) is 219 Å². The summed E-state index contributed by atoms with van der Waals surface area (Å²) < 4.78 is 2.81. The minimum atomic E-state index is 0.0357. The van der Waals surface area contributed by atoms with Gasteiger partial charge in [0.1, 0.15) is 0 Å². The van der Waals surface area contributed by atoms with E-state index in [0.717, 1.165) is 7.28 Å². The van der Waals surface area contributed by atoms with Gasteiger partial charge in [-0.05, 0) is 235 Å². The van der Waals surface area contributed by atoms with Gasteiger partial charge in [0.05, 0.1) is 5.52 Å². The van der Waals surface area contributed by atoms with Crippen LogP contribution >= 0.6 is 0 Å². The maximum atomic E-state index is 4.27. The van der Waals surface area contributed by atoms with Gasteiger partial charge in [0.15, 0.2) is 7.28 Å². The van der Waals surface area contributed by atoms with Crippen LogP contribution in [0.4, 0.5) is 11.4 Å². The van der Waals surface area contributed by atoms with Crippen molar-refractivity contribution >= 4 is 51.4 Å². The molecule has 7 aromatic rings. The Morgan fingerprint density at radius 2 is 0.877 bits per heavy atom. The van der Waals surface area contributed by atoms with Crippen molar-refractivity contribution in [1.29, 1.82) is 0 Å². The first-order valence-electron chi connectivity index (χ1n) is 28.5. The second kappa shape index (κ2) is 15.3. The van der Waals surface area contributed by atoms with Crippen molar-refractivity contribution in [3.05, 3.63) is 134 Å². The number of nitrogens with zero attached hydrogens (tertiary/aromatic N) is 1. The molecule has 1 aromatic heterocycles. The smallest absolute Gasteiger partial charge is 0.198 e. The molecule has 0 fully saturated rings. The molecule has 0 spiro atoms. The van der Waals surface area contributed by atoms with Crippen LogP contribution in [-0.4, -0.2) is 11.8 Å². The van der Waals surface area contributed by atoms with E-state index in [0.29, 0.717) is 0 Å². The average molecular weight is 965 g/mol. The van der Waals surface area contributed by atoms with Crippen LogP contribution < -0.4 is 16.2 Å². The Balaban J connectivity index is 1.25. The summed E-state index contributed by atoms with van der Waals surface area (Å²) in [4.78, 5) is 0. The van der Waals surface area contributed by atoms with Gasteiger partial charge >= 0.3 is 0 Å². The largest absolute Gasteiger partial charge is 0.355 e. The fourth-order valence-electron chi connectivity index (χ4n) is 15.4. The van der Waals surface area contributed by atoms with Crippen LogP contribution in [0.1, 0.15) is 218 Å². The monoisotopic (exact) mass is 965 g/mol. The molecule has 3 heteroatoms. The molecule has 73 heavy (non-hydrogen) atoms. The molecule has 6 aromatic carbocycles. The minimum Gasteiger partial charge on any atom is -0.355 e. The summed E-state index contributed by atoms with van der Waals surface area (Å²) >= 11 is 0. The van der Waals surface area contributed by atoms with E-state index in [1.54, 1.807) is 5.56 Å². The second-order valence-electron chi connectivity index (χ2n) is 29.8. The van der Waals surface area contributed by atoms with Crippen molar-refractivity contribution in [1.82, 2.24) is 4.57 Å². The van der Waals surface area contributed by atoms with E-state index in [2.05, 4.69) is 213 Å². The van der Waals surface area contributed by atoms with Crippen LogP contribution in [0.3, 0.4) is 0 Å². The van der Waals surface area contributed by atoms with Gasteiger partial charge in [-0.3, -0.25) is 0 Å². The number of nitrogens with one attached hydrogen (secondary N) is 1. The van der Waals surface area contributed by atoms with Crippen LogP contribution in [0.5, 0.6) is 0 Å². The lowest BCUT2D eigenvalue weighted by molar-refractivity contribution is 0.332. The van der Waals surface area contributed by atoms with E-state index in [1.807, 2.05) is 0 Å². The SMILES string of the molecule is Cc1cccc(C)c1-c1cc(-c2cc3c(cc2Nc2ccc4c(c2)C(C)(C)CCC4(C)C)C(C)(C)CCC3(C)C)c2c3c1c1cc4c(cc1n3-c1cc3c(cc1B2)C(C)(C)CCC3(C)C)C(C)(C)CCC4(C)C. The van der Waals surface area contributed by atoms with Crippen LogP contribution in [0.2, 0.25) is 0 Å². The number of hydrogen-bond acceptors (Lipinski definition) is 1. The third kappa shape index (κ3) is 7.22. The number of fused-ring (bicyclic) bond motifs is 9. The van der Waals surface area contributed by atoms with Crippen molar-refractivity contribution in [3.63, 3.8) is 0 Å². The fraction of sp³-hybridized carbons (Fsp3) is 0.486. The standard InChI is InChI=1S/C70H85BN2/c1-40-20-19-21-41(2)59(40)46-33-44(43-34-49-52(68(13,14)29-26-65(49,7)8)37-56(43)72-42-22-23-47-48(32-42)64(5,6)25-24-63(47,3)4)61-62-60(46)45-35-50-53(69(15,16)30-27-66(50,9)10)38-57(45)73(62)58-39-54-51(36-55(58)71-61)67(11,12)28-31-70(54,17)18/h19-23,32-39,71-72H,24-31H2,1-18H3. The third-order valence-electron chi connectivity index (χ3n) is 20.9. The van der Waals surface area contributed by atoms with Crippen molar-refractivity contribution in [3.8, 4) is 27.9 Å². The molecule has 0 radical (unpaired) electrons. The van der Waals surface area contributed by atoms with E-state index < -0.39 is 0 Å². The fourth-order valence-corrected chi connectivity index (χ4v) is 15.4. The van der Waals surface area contributed by atoms with Crippen LogP contribution in [0.15, 0.2) is 78.9 Å². The summed E-state index contributed by atoms with van der Waals surface area (Å²) in [6.45, 7) is 44.5. The molecule has 0 amide bonds. The maximum Gasteiger partial charge on any atom is 0.198 e. The zero-order chi connectivity index (χ0) is 52.1. The van der Waals surface area contributed by atoms with Crippen molar-refractivity contribution < 1.29 is 0 Å². The summed E-state index contributed by atoms with van der Waals surface area (Å²) in [5.41, 5.74) is 30.4. The molecule has 1 aliphatic heterocycles. The predicted octanol–water partition coefficient (Wildman–Crippen LogP) is 17.6. The number of benzene rings is 6. The molecule has 12 rings (SSSR count). The van der Waals surface area contributed by atoms with Gasteiger partial charge in [-0.25, -0.2) is 0 Å². The lowest BCUT2D eigenvalue weighted by Crippen LogP contribution is -2.41. The zero-order valence-corrected chi connectivity index (χ0v) is 48.3. The van der Waals surface area contributed by atoms with Crippen LogP contribution in [0.25, 0.3) is 49.7 Å². The topological polar surface area (TPSA) is 17.0 Å².